The molecule has 1 aliphatic heterocycles. The molecule has 1 aromatic carbocycles. The first-order valence-corrected chi connectivity index (χ1v) is 10.1. The number of piperidine rings is 1. The van der Waals surface area contributed by atoms with Gasteiger partial charge in [-0.3, -0.25) is 0 Å². The smallest absolute Gasteiger partial charge is 0.145 e. The van der Waals surface area contributed by atoms with E-state index in [-0.39, 0.29) is 11.8 Å². The molecular formula is C18H23N4O3S-. The van der Waals surface area contributed by atoms with Crippen LogP contribution >= 0.6 is 0 Å². The molecule has 2 heterocycles. The van der Waals surface area contributed by atoms with Gasteiger partial charge in [0.25, 0.3) is 0 Å². The molecule has 7 nitrogen and oxygen atoms in total. The number of para-hydroxylation sites is 1. The van der Waals surface area contributed by atoms with Gasteiger partial charge in [0.1, 0.15) is 23.4 Å². The lowest BCUT2D eigenvalue weighted by Gasteiger charge is -2.38. The van der Waals surface area contributed by atoms with E-state index >= 15 is 0 Å². The van der Waals surface area contributed by atoms with Crippen molar-refractivity contribution in [3.8, 4) is 5.75 Å². The van der Waals surface area contributed by atoms with Crippen molar-refractivity contribution >= 4 is 27.3 Å². The number of nitrogens with zero attached hydrogens (tertiary/aromatic N) is 4. The Hall–Kier alpha value is -1.93. The monoisotopic (exact) mass is 375 g/mol. The van der Waals surface area contributed by atoms with Crippen LogP contribution in [0.3, 0.4) is 0 Å². The highest BCUT2D eigenvalue weighted by atomic mass is 32.2. The third kappa shape index (κ3) is 3.48. The van der Waals surface area contributed by atoms with E-state index in [1.54, 1.807) is 13.4 Å². The van der Waals surface area contributed by atoms with Crippen LogP contribution in [0.1, 0.15) is 25.7 Å². The number of hydrogen-bond acceptors (Lipinski definition) is 8. The molecule has 8 heteroatoms. The van der Waals surface area contributed by atoms with Crippen molar-refractivity contribution < 1.29 is 14.1 Å². The molecule has 0 bridgehead atoms. The van der Waals surface area contributed by atoms with Crippen LogP contribution in [0.5, 0.6) is 5.75 Å². The van der Waals surface area contributed by atoms with Gasteiger partial charge in [0.05, 0.1) is 12.7 Å². The zero-order valence-corrected chi connectivity index (χ0v) is 15.6. The van der Waals surface area contributed by atoms with E-state index in [4.69, 9.17) is 4.74 Å². The molecule has 0 amide bonds. The molecule has 2 aliphatic rings. The zero-order valence-electron chi connectivity index (χ0n) is 14.8. The largest absolute Gasteiger partial charge is 0.494 e. The number of aromatic nitrogens is 2. The molecule has 0 radical (unpaired) electrons. The predicted octanol–water partition coefficient (Wildman–Crippen LogP) is 2.28. The summed E-state index contributed by atoms with van der Waals surface area (Å²) in [7, 11) is 0.493. The van der Waals surface area contributed by atoms with Crippen LogP contribution in [-0.2, 0) is 14.8 Å². The SMILES string of the molecule is COc1cccc2c(N3CCC(O)(CN=[S-](=O)C4CC4)CC3)ncnc12. The topological polar surface area (TPSA) is 87.9 Å². The third-order valence-corrected chi connectivity index (χ3v) is 6.54. The first-order valence-electron chi connectivity index (χ1n) is 8.93. The fraction of sp³-hybridized carbons (Fsp3) is 0.556. The van der Waals surface area contributed by atoms with Gasteiger partial charge in [0, 0.05) is 25.0 Å². The molecule has 1 saturated heterocycles. The molecule has 4 rings (SSSR count). The van der Waals surface area contributed by atoms with E-state index in [1.165, 1.54) is 0 Å². The molecule has 1 aliphatic carbocycles. The summed E-state index contributed by atoms with van der Waals surface area (Å²) >= 11 is 0. The number of benzene rings is 1. The lowest BCUT2D eigenvalue weighted by atomic mass is 9.91. The van der Waals surface area contributed by atoms with Crippen LogP contribution in [0.4, 0.5) is 5.82 Å². The van der Waals surface area contributed by atoms with Crippen LogP contribution in [0.25, 0.3) is 10.9 Å². The fourth-order valence-corrected chi connectivity index (χ4v) is 4.43. The summed E-state index contributed by atoms with van der Waals surface area (Å²) in [5, 5.41) is 11.9. The van der Waals surface area contributed by atoms with Gasteiger partial charge in [0.15, 0.2) is 0 Å². The summed E-state index contributed by atoms with van der Waals surface area (Å²) in [4.78, 5) is 11.0. The summed E-state index contributed by atoms with van der Waals surface area (Å²) in [6.45, 7) is 1.60. The third-order valence-electron chi connectivity index (χ3n) is 5.12. The van der Waals surface area contributed by atoms with Crippen molar-refractivity contribution in [1.29, 1.82) is 0 Å². The number of methoxy groups -OCH3 is 1. The highest BCUT2D eigenvalue weighted by molar-refractivity contribution is 7.75. The second kappa shape index (κ2) is 7.00. The van der Waals surface area contributed by atoms with Crippen molar-refractivity contribution in [2.75, 3.05) is 31.6 Å². The average molecular weight is 375 g/mol. The van der Waals surface area contributed by atoms with Gasteiger partial charge in [-0.25, -0.2) is 9.97 Å². The first-order chi connectivity index (χ1) is 12.6. The number of fused-ring (bicyclic) bond motifs is 1. The van der Waals surface area contributed by atoms with Gasteiger partial charge in [-0.15, -0.1) is 0 Å². The van der Waals surface area contributed by atoms with Crippen molar-refractivity contribution in [3.05, 3.63) is 24.5 Å². The van der Waals surface area contributed by atoms with Crippen molar-refractivity contribution in [1.82, 2.24) is 9.97 Å². The number of hydrogen-bond donors (Lipinski definition) is 1. The summed E-state index contributed by atoms with van der Waals surface area (Å²) in [5.41, 5.74) is -0.0858. The van der Waals surface area contributed by atoms with Crippen LogP contribution in [0.2, 0.25) is 0 Å². The maximum atomic E-state index is 11.9. The molecule has 1 N–H and O–H groups in total. The minimum absolute atomic E-state index is 0.223. The van der Waals surface area contributed by atoms with Gasteiger partial charge >= 0.3 is 0 Å². The lowest BCUT2D eigenvalue weighted by molar-refractivity contribution is 0.0258. The Labute approximate surface area is 154 Å². The second-order valence-electron chi connectivity index (χ2n) is 7.03. The molecular weight excluding hydrogens is 352 g/mol. The Balaban J connectivity index is 1.50. The Morgan fingerprint density at radius 1 is 1.35 bits per heavy atom. The second-order valence-corrected chi connectivity index (χ2v) is 8.51. The quantitative estimate of drug-likeness (QED) is 0.807. The summed E-state index contributed by atoms with van der Waals surface area (Å²) in [5.74, 6) is 1.58. The lowest BCUT2D eigenvalue weighted by Crippen LogP contribution is -2.46. The van der Waals surface area contributed by atoms with E-state index in [0.717, 1.165) is 35.3 Å². The summed E-state index contributed by atoms with van der Waals surface area (Å²) < 4.78 is 21.5. The minimum atomic E-state index is -1.14. The maximum absolute atomic E-state index is 11.9. The van der Waals surface area contributed by atoms with Gasteiger partial charge in [0.2, 0.25) is 0 Å². The molecule has 0 spiro atoms. The highest BCUT2D eigenvalue weighted by Gasteiger charge is 2.32. The standard InChI is InChI=1S/C18H23N4O3S/c1-25-15-4-2-3-14-16(15)19-12-20-17(14)22-9-7-18(23,8-10-22)11-21-26(24)13-5-6-13/h2-4,12-13,23H,5-11H2,1H3/q-1. The summed E-state index contributed by atoms with van der Waals surface area (Å²) in [6, 6.07) is 5.80. The van der Waals surface area contributed by atoms with E-state index in [9.17, 15) is 9.32 Å². The van der Waals surface area contributed by atoms with Crippen LogP contribution in [0, 0.1) is 0 Å². The zero-order chi connectivity index (χ0) is 18.1. The van der Waals surface area contributed by atoms with E-state index in [2.05, 4.69) is 19.2 Å². The van der Waals surface area contributed by atoms with E-state index in [1.807, 2.05) is 18.2 Å². The van der Waals surface area contributed by atoms with Gasteiger partial charge < -0.3 is 23.3 Å². The Morgan fingerprint density at radius 2 is 2.12 bits per heavy atom. The molecule has 0 unspecified atom stereocenters. The van der Waals surface area contributed by atoms with Gasteiger partial charge in [-0.1, -0.05) is 24.2 Å². The van der Waals surface area contributed by atoms with Crippen molar-refractivity contribution in [2.24, 2.45) is 4.36 Å². The molecule has 2 aromatic rings. The maximum Gasteiger partial charge on any atom is 0.145 e. The summed E-state index contributed by atoms with van der Waals surface area (Å²) in [6.07, 6.45) is 4.69. The number of aliphatic hydroxyl groups is 1. The average Bonchev–Trinajstić information content (AvgIpc) is 3.51. The molecule has 26 heavy (non-hydrogen) atoms. The van der Waals surface area contributed by atoms with Gasteiger partial charge in [-0.05, 0) is 25.0 Å². The number of anilines is 1. The van der Waals surface area contributed by atoms with E-state index < -0.39 is 16.2 Å². The van der Waals surface area contributed by atoms with Crippen molar-refractivity contribution in [3.63, 3.8) is 0 Å². The molecule has 1 aromatic heterocycles. The van der Waals surface area contributed by atoms with Crippen LogP contribution < -0.4 is 9.64 Å². The van der Waals surface area contributed by atoms with Crippen molar-refractivity contribution in [2.45, 2.75) is 36.5 Å². The molecule has 1 saturated carbocycles. The minimum Gasteiger partial charge on any atom is -0.494 e. The molecule has 2 fully saturated rings. The van der Waals surface area contributed by atoms with Crippen LogP contribution in [0.15, 0.2) is 28.9 Å². The highest BCUT2D eigenvalue weighted by Crippen LogP contribution is 2.33. The Bertz CT molecular complexity index is 885. The predicted molar refractivity (Wildman–Crippen MR) is 101 cm³/mol. The molecule has 0 atom stereocenters. The fourth-order valence-electron chi connectivity index (χ4n) is 3.32. The normalized spacial score (nSPS) is 21.1. The van der Waals surface area contributed by atoms with E-state index in [0.29, 0.717) is 25.9 Å². The Kier molecular flexibility index (Phi) is 4.71. The first kappa shape index (κ1) is 17.5. The van der Waals surface area contributed by atoms with Gasteiger partial charge in [-0.2, -0.15) is 10.6 Å². The van der Waals surface area contributed by atoms with Crippen LogP contribution in [-0.4, -0.2) is 52.7 Å². The number of ether oxygens (including phenoxy) is 1. The number of rotatable bonds is 5. The Morgan fingerprint density at radius 3 is 2.81 bits per heavy atom. The molecule has 140 valence electrons.